The summed E-state index contributed by atoms with van der Waals surface area (Å²) >= 11 is 0. The number of hydrogen-bond donors (Lipinski definition) is 0. The van der Waals surface area contributed by atoms with Crippen LogP contribution in [0.3, 0.4) is 0 Å². The summed E-state index contributed by atoms with van der Waals surface area (Å²) < 4.78 is 0. The van der Waals surface area contributed by atoms with Crippen LogP contribution in [-0.4, -0.2) is 0 Å². The van der Waals surface area contributed by atoms with Gasteiger partial charge in [0.05, 0.1) is 5.69 Å². The predicted molar refractivity (Wildman–Crippen MR) is 192 cm³/mol. The highest BCUT2D eigenvalue weighted by Crippen LogP contribution is 2.58. The Morgan fingerprint density at radius 2 is 1.38 bits per heavy atom. The zero-order valence-electron chi connectivity index (χ0n) is 26.6. The molecule has 5 aromatic rings. The number of rotatable bonds is 4. The van der Waals surface area contributed by atoms with Crippen molar-refractivity contribution < 1.29 is 0 Å². The highest BCUT2D eigenvalue weighted by molar-refractivity contribution is 6.16. The fraction of sp³-hybridized carbons (Fsp3) is 0.273. The van der Waals surface area contributed by atoms with Crippen molar-refractivity contribution >= 4 is 39.0 Å². The first kappa shape index (κ1) is 27.0. The van der Waals surface area contributed by atoms with Crippen molar-refractivity contribution in [3.05, 3.63) is 137 Å². The van der Waals surface area contributed by atoms with E-state index in [1.807, 2.05) is 0 Å². The molecule has 0 amide bonds. The van der Waals surface area contributed by atoms with Crippen LogP contribution < -0.4 is 4.90 Å². The van der Waals surface area contributed by atoms with Gasteiger partial charge in [-0.1, -0.05) is 124 Å². The summed E-state index contributed by atoms with van der Waals surface area (Å²) in [6, 6.07) is 31.9. The lowest BCUT2D eigenvalue weighted by atomic mass is 9.78. The van der Waals surface area contributed by atoms with Crippen LogP contribution >= 0.6 is 0 Å². The minimum absolute atomic E-state index is 0.110. The standard InChI is InChI=1S/C44H41N/c1-44(2)39-28-40(45(31-16-7-4-8-17-31)32-26-24-30(25-27-32)29-14-5-3-6-15-29)35-19-10-12-21-37(35)41(39)42-36-20-11-9-18-33(36)34-22-13-23-38(34)43(42)44/h4,7-13,16-22,24,26,28-29H,3,5-6,14-15,23,25,27H2,1-2H3. The maximum absolute atomic E-state index is 2.58. The molecule has 0 N–H and O–H groups in total. The van der Waals surface area contributed by atoms with Gasteiger partial charge in [-0.2, -0.15) is 0 Å². The number of benzene rings is 5. The molecule has 0 spiro atoms. The van der Waals surface area contributed by atoms with Gasteiger partial charge >= 0.3 is 0 Å². The molecule has 1 nitrogen and oxygen atoms in total. The Morgan fingerprint density at radius 3 is 2.11 bits per heavy atom. The second-order valence-electron chi connectivity index (χ2n) is 14.2. The van der Waals surface area contributed by atoms with E-state index < -0.39 is 0 Å². The summed E-state index contributed by atoms with van der Waals surface area (Å²) in [5.41, 5.74) is 14.3. The average molecular weight is 584 g/mol. The van der Waals surface area contributed by atoms with Crippen molar-refractivity contribution in [2.75, 3.05) is 4.90 Å². The first-order valence-electron chi connectivity index (χ1n) is 17.2. The Kier molecular flexibility index (Phi) is 6.20. The van der Waals surface area contributed by atoms with E-state index in [4.69, 9.17) is 0 Å². The Bertz CT molecular complexity index is 2080. The maximum atomic E-state index is 2.58. The highest BCUT2D eigenvalue weighted by Gasteiger charge is 2.42. The van der Waals surface area contributed by atoms with E-state index in [9.17, 15) is 0 Å². The number of para-hydroxylation sites is 1. The molecular formula is C44H41N. The van der Waals surface area contributed by atoms with Crippen LogP contribution in [0.25, 0.3) is 38.7 Å². The maximum Gasteiger partial charge on any atom is 0.0540 e. The van der Waals surface area contributed by atoms with Gasteiger partial charge in [0.15, 0.2) is 0 Å². The average Bonchev–Trinajstić information content (AvgIpc) is 3.67. The molecule has 9 rings (SSSR count). The quantitative estimate of drug-likeness (QED) is 0.203. The summed E-state index contributed by atoms with van der Waals surface area (Å²) in [5.74, 6) is 0.785. The fourth-order valence-electron chi connectivity index (χ4n) is 9.28. The van der Waals surface area contributed by atoms with Crippen LogP contribution in [0.4, 0.5) is 11.4 Å². The minimum atomic E-state index is -0.110. The summed E-state index contributed by atoms with van der Waals surface area (Å²) in [6.07, 6.45) is 19.9. The monoisotopic (exact) mass is 583 g/mol. The van der Waals surface area contributed by atoms with Crippen LogP contribution in [0.15, 0.2) is 114 Å². The number of fused-ring (bicyclic) bond motifs is 10. The van der Waals surface area contributed by atoms with E-state index in [0.717, 1.165) is 18.8 Å². The molecule has 0 saturated heterocycles. The van der Waals surface area contributed by atoms with Crippen LogP contribution in [0.1, 0.15) is 81.0 Å². The first-order valence-corrected chi connectivity index (χ1v) is 17.2. The summed E-state index contributed by atoms with van der Waals surface area (Å²) in [5, 5.41) is 5.46. The van der Waals surface area contributed by atoms with Crippen LogP contribution in [-0.2, 0) is 11.8 Å². The molecule has 0 aromatic heterocycles. The van der Waals surface area contributed by atoms with Crippen molar-refractivity contribution in [2.24, 2.45) is 5.92 Å². The van der Waals surface area contributed by atoms with Gasteiger partial charge in [-0.05, 0) is 112 Å². The molecule has 0 bridgehead atoms. The normalized spacial score (nSPS) is 18.4. The van der Waals surface area contributed by atoms with Crippen molar-refractivity contribution in [1.82, 2.24) is 0 Å². The summed E-state index contributed by atoms with van der Waals surface area (Å²) in [7, 11) is 0. The molecule has 0 unspecified atom stereocenters. The van der Waals surface area contributed by atoms with Gasteiger partial charge in [0.1, 0.15) is 0 Å². The fourth-order valence-corrected chi connectivity index (χ4v) is 9.28. The molecule has 222 valence electrons. The molecule has 4 aliphatic carbocycles. The van der Waals surface area contributed by atoms with Gasteiger partial charge in [0.25, 0.3) is 0 Å². The molecule has 0 atom stereocenters. The Labute approximate surface area is 267 Å². The van der Waals surface area contributed by atoms with E-state index in [1.165, 1.54) is 111 Å². The van der Waals surface area contributed by atoms with Crippen molar-refractivity contribution in [3.8, 4) is 11.1 Å². The number of allylic oxidation sites excluding steroid dienone is 5. The largest absolute Gasteiger partial charge is 0.314 e. The molecule has 1 fully saturated rings. The van der Waals surface area contributed by atoms with Crippen LogP contribution in [0.5, 0.6) is 0 Å². The molecule has 1 saturated carbocycles. The molecule has 5 aromatic carbocycles. The SMILES string of the molecule is CC1(C)c2cc(N(C3=CC=C(C4CCCCC4)CC3)c3ccccc3)c3ccccc3c2-c2c1c1c(c3ccccc23)C=CC1. The molecule has 45 heavy (non-hydrogen) atoms. The van der Waals surface area contributed by atoms with Crippen molar-refractivity contribution in [2.45, 2.75) is 70.6 Å². The van der Waals surface area contributed by atoms with Crippen molar-refractivity contribution in [1.29, 1.82) is 0 Å². The van der Waals surface area contributed by atoms with Gasteiger partial charge in [0.2, 0.25) is 0 Å². The summed E-state index contributed by atoms with van der Waals surface area (Å²) in [4.78, 5) is 2.58. The highest BCUT2D eigenvalue weighted by atomic mass is 15.2. The Hall–Kier alpha value is -4.36. The van der Waals surface area contributed by atoms with E-state index in [-0.39, 0.29) is 5.41 Å². The van der Waals surface area contributed by atoms with E-state index in [2.05, 4.69) is 128 Å². The second kappa shape index (κ2) is 10.3. The lowest BCUT2D eigenvalue weighted by molar-refractivity contribution is 0.393. The van der Waals surface area contributed by atoms with E-state index >= 15 is 0 Å². The topological polar surface area (TPSA) is 3.24 Å². The Morgan fingerprint density at radius 1 is 0.689 bits per heavy atom. The third-order valence-corrected chi connectivity index (χ3v) is 11.4. The smallest absolute Gasteiger partial charge is 0.0540 e. The molecule has 4 aliphatic rings. The van der Waals surface area contributed by atoms with Crippen LogP contribution in [0, 0.1) is 5.92 Å². The lowest BCUT2D eigenvalue weighted by Gasteiger charge is -2.34. The van der Waals surface area contributed by atoms with Gasteiger partial charge < -0.3 is 4.90 Å². The molecule has 0 radical (unpaired) electrons. The van der Waals surface area contributed by atoms with Gasteiger partial charge in [-0.15, -0.1) is 0 Å². The van der Waals surface area contributed by atoms with E-state index in [0.29, 0.717) is 0 Å². The third-order valence-electron chi connectivity index (χ3n) is 11.4. The van der Waals surface area contributed by atoms with Crippen molar-refractivity contribution in [3.63, 3.8) is 0 Å². The zero-order chi connectivity index (χ0) is 30.1. The zero-order valence-corrected chi connectivity index (χ0v) is 26.6. The first-order chi connectivity index (χ1) is 22.1. The van der Waals surface area contributed by atoms with Crippen LogP contribution in [0.2, 0.25) is 0 Å². The number of nitrogens with zero attached hydrogens (tertiary/aromatic N) is 1. The molecule has 0 aliphatic heterocycles. The van der Waals surface area contributed by atoms with Gasteiger partial charge in [-0.25, -0.2) is 0 Å². The molecular weight excluding hydrogens is 542 g/mol. The Balaban J connectivity index is 1.29. The number of hydrogen-bond acceptors (Lipinski definition) is 1. The van der Waals surface area contributed by atoms with E-state index in [1.54, 1.807) is 5.57 Å². The second-order valence-corrected chi connectivity index (χ2v) is 14.2. The molecule has 1 heteroatoms. The van der Waals surface area contributed by atoms with Gasteiger partial charge in [0, 0.05) is 22.2 Å². The predicted octanol–water partition coefficient (Wildman–Crippen LogP) is 12.2. The number of anilines is 2. The lowest BCUT2D eigenvalue weighted by Crippen LogP contribution is -2.21. The summed E-state index contributed by atoms with van der Waals surface area (Å²) in [6.45, 7) is 4.94. The third kappa shape index (κ3) is 4.06. The van der Waals surface area contributed by atoms with Gasteiger partial charge in [-0.3, -0.25) is 0 Å². The minimum Gasteiger partial charge on any atom is -0.314 e. The molecule has 0 heterocycles.